The van der Waals surface area contributed by atoms with E-state index in [1.165, 1.54) is 0 Å². The molecule has 0 aliphatic carbocycles. The Labute approximate surface area is 249 Å². The van der Waals surface area contributed by atoms with Crippen LogP contribution >= 0.6 is 0 Å². The number of epoxide rings is 1. The van der Waals surface area contributed by atoms with E-state index in [0.29, 0.717) is 19.3 Å². The van der Waals surface area contributed by atoms with Crippen LogP contribution in [-0.2, 0) is 33.3 Å². The number of hydrogen-bond acceptors (Lipinski definition) is 11. The number of aliphatic carboxylic acids is 3. The van der Waals surface area contributed by atoms with Crippen molar-refractivity contribution in [1.82, 2.24) is 0 Å². The van der Waals surface area contributed by atoms with Crippen molar-refractivity contribution in [2.24, 2.45) is 0 Å². The van der Waals surface area contributed by atoms with E-state index in [1.54, 1.807) is 7.11 Å². The van der Waals surface area contributed by atoms with Gasteiger partial charge in [0.1, 0.15) is 0 Å². The number of carboxylic acid groups (broad SMARTS) is 3. The molecular formula is C19H38Na2O14. The van der Waals surface area contributed by atoms with Crippen molar-refractivity contribution in [2.45, 2.75) is 70.6 Å². The molecular weight excluding hydrogens is 498 g/mol. The van der Waals surface area contributed by atoms with Gasteiger partial charge in [-0.1, -0.05) is 0 Å². The number of rotatable bonds is 13. The van der Waals surface area contributed by atoms with Crippen LogP contribution in [0.2, 0.25) is 0 Å². The number of methoxy groups -OCH3 is 1. The first-order valence-electron chi connectivity index (χ1n) is 9.61. The molecule has 0 aromatic heterocycles. The van der Waals surface area contributed by atoms with E-state index < -0.39 is 36.4 Å². The molecule has 1 saturated heterocycles. The van der Waals surface area contributed by atoms with Gasteiger partial charge in [0, 0.05) is 31.9 Å². The standard InChI is InChI=1S/C10H22O4.C6H8O7.C3H6O.2Na.2H2O/c1-8(5-11)13-7-10(3)14-6-9(2)12-4;7-3(8)1-6(13,5(11)12)2-4(9)10;1-3-2-4-3;;;;/h8-11H,5-7H2,1-4H3;13H,1-2H2,(H,7,8)(H,9,10)(H,11,12);3H,2H2,1H3;;;2*1H2/q;;;2*+1;;/p-2. The second-order valence-corrected chi connectivity index (χ2v) is 7.10. The number of carbonyl (C=O) groups excluding carboxylic acids is 2. The number of carbonyl (C=O) groups is 3. The number of carboxylic acids is 3. The van der Waals surface area contributed by atoms with E-state index >= 15 is 0 Å². The summed E-state index contributed by atoms with van der Waals surface area (Å²) in [7, 11) is 1.66. The third-order valence-corrected chi connectivity index (χ3v) is 3.66. The Hall–Kier alpha value is 0.0900. The number of ether oxygens (including phenoxy) is 4. The molecule has 0 aromatic rings. The van der Waals surface area contributed by atoms with Gasteiger partial charge in [-0.3, -0.25) is 0 Å². The minimum Gasteiger partial charge on any atom is -0.550 e. The first-order valence-corrected chi connectivity index (χ1v) is 9.61. The monoisotopic (exact) mass is 536 g/mol. The Kier molecular flexibility index (Phi) is 37.4. The van der Waals surface area contributed by atoms with Gasteiger partial charge in [-0.25, -0.2) is 4.79 Å². The van der Waals surface area contributed by atoms with Gasteiger partial charge in [0.25, 0.3) is 0 Å². The van der Waals surface area contributed by atoms with Crippen LogP contribution in [-0.4, -0.2) is 108 Å². The number of aliphatic hydroxyl groups is 2. The molecule has 1 fully saturated rings. The largest absolute Gasteiger partial charge is 1.00 e. The Morgan fingerprint density at radius 1 is 0.971 bits per heavy atom. The number of aliphatic hydroxyl groups excluding tert-OH is 1. The topological polar surface area (TPSA) is 261 Å². The van der Waals surface area contributed by atoms with Gasteiger partial charge >= 0.3 is 65.1 Å². The van der Waals surface area contributed by atoms with Gasteiger partial charge in [-0.2, -0.15) is 0 Å². The second kappa shape index (κ2) is 27.1. The van der Waals surface area contributed by atoms with Gasteiger partial charge in [0.2, 0.25) is 0 Å². The van der Waals surface area contributed by atoms with Crippen LogP contribution in [0.5, 0.6) is 0 Å². The van der Waals surface area contributed by atoms with Crippen molar-refractivity contribution >= 4 is 17.9 Å². The summed E-state index contributed by atoms with van der Waals surface area (Å²) in [6, 6.07) is 0. The maximum Gasteiger partial charge on any atom is 1.00 e. The van der Waals surface area contributed by atoms with Crippen molar-refractivity contribution in [2.75, 3.05) is 33.5 Å². The minimum atomic E-state index is -2.86. The molecule has 1 aliphatic heterocycles. The van der Waals surface area contributed by atoms with E-state index in [4.69, 9.17) is 34.3 Å². The summed E-state index contributed by atoms with van der Waals surface area (Å²) in [5.41, 5.74) is -2.86. The van der Waals surface area contributed by atoms with Crippen molar-refractivity contribution in [3.63, 3.8) is 0 Å². The third kappa shape index (κ3) is 32.1. The summed E-state index contributed by atoms with van der Waals surface area (Å²) in [4.78, 5) is 30.2. The van der Waals surface area contributed by atoms with Gasteiger partial charge < -0.3 is 65.0 Å². The molecule has 0 aromatic carbocycles. The molecule has 200 valence electrons. The van der Waals surface area contributed by atoms with E-state index in [-0.39, 0.29) is 95.0 Å². The van der Waals surface area contributed by atoms with Crippen molar-refractivity contribution in [3.8, 4) is 0 Å². The summed E-state index contributed by atoms with van der Waals surface area (Å²) in [5, 5.41) is 45.9. The van der Waals surface area contributed by atoms with Crippen LogP contribution < -0.4 is 69.3 Å². The van der Waals surface area contributed by atoms with Crippen LogP contribution in [0.3, 0.4) is 0 Å². The second-order valence-electron chi connectivity index (χ2n) is 7.10. The van der Waals surface area contributed by atoms with Crippen LogP contribution in [0.15, 0.2) is 0 Å². The molecule has 0 saturated carbocycles. The summed E-state index contributed by atoms with van der Waals surface area (Å²) < 4.78 is 20.5. The Morgan fingerprint density at radius 2 is 1.31 bits per heavy atom. The average molecular weight is 536 g/mol. The zero-order chi connectivity index (χ0) is 24.6. The van der Waals surface area contributed by atoms with Crippen LogP contribution in [0, 0.1) is 0 Å². The molecule has 1 aliphatic rings. The smallest absolute Gasteiger partial charge is 0.550 e. The zero-order valence-corrected chi connectivity index (χ0v) is 25.6. The van der Waals surface area contributed by atoms with E-state index in [2.05, 4.69) is 6.92 Å². The first-order chi connectivity index (χ1) is 14.3. The predicted octanol–water partition coefficient (Wildman–Crippen LogP) is -10.3. The fraction of sp³-hybridized carbons (Fsp3) is 0.842. The molecule has 0 spiro atoms. The third-order valence-electron chi connectivity index (χ3n) is 3.66. The van der Waals surface area contributed by atoms with Crippen molar-refractivity contribution in [1.29, 1.82) is 0 Å². The normalized spacial score (nSPS) is 15.7. The summed E-state index contributed by atoms with van der Waals surface area (Å²) >= 11 is 0. The van der Waals surface area contributed by atoms with Crippen LogP contribution in [0.4, 0.5) is 0 Å². The Balaban J connectivity index is -0.0000000938. The maximum absolute atomic E-state index is 10.3. The molecule has 1 rings (SSSR count). The molecule has 7 N–H and O–H groups in total. The average Bonchev–Trinajstić information content (AvgIpc) is 3.45. The molecule has 16 heteroatoms. The van der Waals surface area contributed by atoms with Crippen molar-refractivity contribution in [3.05, 3.63) is 0 Å². The van der Waals surface area contributed by atoms with Gasteiger partial charge in [0.15, 0.2) is 5.60 Å². The van der Waals surface area contributed by atoms with Crippen LogP contribution in [0.25, 0.3) is 0 Å². The van der Waals surface area contributed by atoms with Crippen molar-refractivity contribution < 1.29 is 129 Å². The zero-order valence-electron chi connectivity index (χ0n) is 21.6. The SMILES string of the molecule is CC1CO1.COC(C)COC(C)COC(C)CO.O.O.O=C([O-])CC(O)(CC(=O)[O-])C(=O)O.[Na+].[Na+]. The van der Waals surface area contributed by atoms with E-state index in [0.717, 1.165) is 6.61 Å². The predicted molar refractivity (Wildman–Crippen MR) is 109 cm³/mol. The van der Waals surface area contributed by atoms with E-state index in [9.17, 15) is 24.6 Å². The molecule has 0 radical (unpaired) electrons. The molecule has 14 nitrogen and oxygen atoms in total. The molecule has 4 atom stereocenters. The maximum atomic E-state index is 10.3. The molecule has 35 heavy (non-hydrogen) atoms. The van der Waals surface area contributed by atoms with Gasteiger partial charge in [-0.05, 0) is 27.7 Å². The molecule has 0 amide bonds. The van der Waals surface area contributed by atoms with Gasteiger partial charge in [0.05, 0.1) is 50.8 Å². The fourth-order valence-corrected chi connectivity index (χ4v) is 1.56. The molecule has 0 bridgehead atoms. The Bertz CT molecular complexity index is 504. The molecule has 1 heterocycles. The minimum absolute atomic E-state index is 0. The van der Waals surface area contributed by atoms with Gasteiger partial charge in [-0.15, -0.1) is 0 Å². The Morgan fingerprint density at radius 3 is 1.57 bits per heavy atom. The van der Waals surface area contributed by atoms with Crippen LogP contribution in [0.1, 0.15) is 40.5 Å². The molecule has 4 unspecified atom stereocenters. The quantitative estimate of drug-likeness (QED) is 0.146. The number of hydrogen-bond donors (Lipinski definition) is 3. The first kappa shape index (κ1) is 48.2. The van der Waals surface area contributed by atoms with E-state index in [1.807, 2.05) is 20.8 Å². The summed E-state index contributed by atoms with van der Waals surface area (Å²) in [6.45, 7) is 9.86. The summed E-state index contributed by atoms with van der Waals surface area (Å²) in [6.07, 6.45) is -2.00. The fourth-order valence-electron chi connectivity index (χ4n) is 1.56. The summed E-state index contributed by atoms with van der Waals surface area (Å²) in [5.74, 6) is -5.65.